The third-order valence-corrected chi connectivity index (χ3v) is 7.81. The molecule has 0 bridgehead atoms. The Hall–Kier alpha value is -3.74. The van der Waals surface area contributed by atoms with Crippen LogP contribution >= 0.6 is 0 Å². The first-order chi connectivity index (χ1) is 16.5. The van der Waals surface area contributed by atoms with Crippen molar-refractivity contribution < 1.29 is 19.8 Å². The Morgan fingerprint density at radius 1 is 1.12 bits per heavy atom. The number of benzene rings is 1. The highest BCUT2D eigenvalue weighted by Gasteiger charge is 2.40. The van der Waals surface area contributed by atoms with Crippen LogP contribution in [-0.4, -0.2) is 44.0 Å². The summed E-state index contributed by atoms with van der Waals surface area (Å²) in [5.74, 6) is 0.106. The molecular weight excluding hydrogens is 428 g/mol. The van der Waals surface area contributed by atoms with Crippen molar-refractivity contribution in [3.8, 4) is 0 Å². The van der Waals surface area contributed by atoms with Crippen LogP contribution in [0.4, 0.5) is 11.5 Å². The molecule has 3 N–H and O–H groups in total. The molecule has 170 valence electrons. The number of aromatic nitrogens is 1. The van der Waals surface area contributed by atoms with Crippen LogP contribution in [0.5, 0.6) is 0 Å². The van der Waals surface area contributed by atoms with Gasteiger partial charge < -0.3 is 10.4 Å². The second kappa shape index (κ2) is 7.13. The first-order valence-corrected chi connectivity index (χ1v) is 12.1. The Balaban J connectivity index is 1.32. The van der Waals surface area contributed by atoms with Gasteiger partial charge in [-0.2, -0.15) is 0 Å². The first kappa shape index (κ1) is 19.7. The number of carbonyl (C=O) groups is 1. The fraction of sp³-hybridized carbons (Fsp3) is 0.333. The molecule has 0 spiro atoms. The maximum Gasteiger partial charge on any atom is 0.335 e. The van der Waals surface area contributed by atoms with Crippen molar-refractivity contribution in [3.63, 3.8) is 0 Å². The zero-order chi connectivity index (χ0) is 23.0. The van der Waals surface area contributed by atoms with E-state index in [0.29, 0.717) is 6.54 Å². The van der Waals surface area contributed by atoms with Gasteiger partial charge in [0.1, 0.15) is 5.71 Å². The predicted molar refractivity (Wildman–Crippen MR) is 128 cm³/mol. The molecule has 0 saturated carbocycles. The monoisotopic (exact) mass is 453 g/mol. The number of aliphatic imine (C=N–C) groups is 1. The molecule has 1 aromatic heterocycles. The van der Waals surface area contributed by atoms with Gasteiger partial charge in [-0.1, -0.05) is 12.1 Å². The molecule has 0 radical (unpaired) electrons. The Morgan fingerprint density at radius 3 is 2.91 bits per heavy atom. The van der Waals surface area contributed by atoms with Gasteiger partial charge in [-0.3, -0.25) is 5.21 Å². The highest BCUT2D eigenvalue weighted by Crippen LogP contribution is 2.42. The van der Waals surface area contributed by atoms with Crippen LogP contribution in [0, 0.1) is 5.92 Å². The predicted octanol–water partition coefficient (Wildman–Crippen LogP) is 4.32. The third-order valence-electron chi connectivity index (χ3n) is 7.81. The molecule has 7 nitrogen and oxygen atoms in total. The quantitative estimate of drug-likeness (QED) is 0.441. The SMILES string of the molecule is O=C(O)c1ccc2c(c1)NC1=C(CCc3cc4c(nc31)N=C1C3=[N+](O)CCCC3=CCC1C4)C2. The normalized spacial score (nSPS) is 22.2. The molecule has 3 aliphatic heterocycles. The minimum atomic E-state index is -0.926. The topological polar surface area (TPSA) is 97.8 Å². The van der Waals surface area contributed by atoms with Crippen LogP contribution in [0.1, 0.15) is 58.4 Å². The highest BCUT2D eigenvalue weighted by atomic mass is 16.5. The number of hydrogen-bond donors (Lipinski definition) is 3. The van der Waals surface area contributed by atoms with Gasteiger partial charge in [0, 0.05) is 23.6 Å². The van der Waals surface area contributed by atoms with Crippen LogP contribution < -0.4 is 5.32 Å². The number of hydrogen-bond acceptors (Lipinski definition) is 5. The van der Waals surface area contributed by atoms with Gasteiger partial charge in [0.25, 0.3) is 5.71 Å². The number of carboxylic acids is 1. The van der Waals surface area contributed by atoms with Gasteiger partial charge >= 0.3 is 5.97 Å². The largest absolute Gasteiger partial charge is 0.478 e. The van der Waals surface area contributed by atoms with E-state index in [2.05, 4.69) is 17.5 Å². The van der Waals surface area contributed by atoms with Crippen molar-refractivity contribution in [1.82, 2.24) is 4.98 Å². The smallest absolute Gasteiger partial charge is 0.335 e. The second-order valence-electron chi connectivity index (χ2n) is 9.87. The lowest BCUT2D eigenvalue weighted by Crippen LogP contribution is -2.40. The van der Waals surface area contributed by atoms with E-state index in [0.717, 1.165) is 84.8 Å². The Labute approximate surface area is 196 Å². The molecular formula is C27H25N4O3+. The lowest BCUT2D eigenvalue weighted by molar-refractivity contribution is -0.774. The number of allylic oxidation sites excluding steroid dienone is 3. The maximum absolute atomic E-state index is 11.5. The summed E-state index contributed by atoms with van der Waals surface area (Å²) in [6.45, 7) is 0.640. The summed E-state index contributed by atoms with van der Waals surface area (Å²) in [4.78, 5) is 21.6. The fourth-order valence-electron chi connectivity index (χ4n) is 6.10. The van der Waals surface area contributed by atoms with Crippen molar-refractivity contribution in [3.05, 3.63) is 69.4 Å². The van der Waals surface area contributed by atoms with E-state index in [1.165, 1.54) is 27.0 Å². The molecule has 0 amide bonds. The Kier molecular flexibility index (Phi) is 4.13. The number of anilines is 1. The summed E-state index contributed by atoms with van der Waals surface area (Å²) in [5.41, 5.74) is 10.9. The van der Waals surface area contributed by atoms with E-state index in [1.54, 1.807) is 12.1 Å². The molecule has 1 unspecified atom stereocenters. The number of carboxylic acid groups (broad SMARTS) is 1. The molecule has 7 rings (SSSR count). The molecule has 4 heterocycles. The Morgan fingerprint density at radius 2 is 2.03 bits per heavy atom. The average Bonchev–Trinajstić information content (AvgIpc) is 2.84. The fourth-order valence-corrected chi connectivity index (χ4v) is 6.10. The van der Waals surface area contributed by atoms with Gasteiger partial charge in [0.05, 0.1) is 17.0 Å². The van der Waals surface area contributed by atoms with E-state index in [1.807, 2.05) is 6.07 Å². The molecule has 2 aliphatic carbocycles. The van der Waals surface area contributed by atoms with Crippen LogP contribution in [0.25, 0.3) is 5.70 Å². The second-order valence-corrected chi connectivity index (χ2v) is 9.87. The van der Waals surface area contributed by atoms with Crippen LogP contribution in [-0.2, 0) is 19.3 Å². The summed E-state index contributed by atoms with van der Waals surface area (Å²) in [7, 11) is 0. The number of aromatic carboxylic acids is 1. The summed E-state index contributed by atoms with van der Waals surface area (Å²) in [6, 6.07) is 7.57. The lowest BCUT2D eigenvalue weighted by Gasteiger charge is -2.32. The van der Waals surface area contributed by atoms with Crippen LogP contribution in [0.3, 0.4) is 0 Å². The molecule has 7 heteroatoms. The molecule has 1 atom stereocenters. The van der Waals surface area contributed by atoms with Crippen LogP contribution in [0.2, 0.25) is 0 Å². The van der Waals surface area contributed by atoms with Gasteiger partial charge in [0.2, 0.25) is 0 Å². The van der Waals surface area contributed by atoms with E-state index in [9.17, 15) is 15.1 Å². The zero-order valence-electron chi connectivity index (χ0n) is 18.8. The Bertz CT molecular complexity index is 1430. The summed E-state index contributed by atoms with van der Waals surface area (Å²) >= 11 is 0. The van der Waals surface area contributed by atoms with Crippen molar-refractivity contribution in [2.24, 2.45) is 10.9 Å². The van der Waals surface area contributed by atoms with Gasteiger partial charge in [-0.25, -0.2) is 14.8 Å². The minimum absolute atomic E-state index is 0.279. The number of pyridine rings is 1. The van der Waals surface area contributed by atoms with E-state index in [-0.39, 0.29) is 11.5 Å². The lowest BCUT2D eigenvalue weighted by atomic mass is 9.78. The van der Waals surface area contributed by atoms with Crippen molar-refractivity contribution in [1.29, 1.82) is 0 Å². The first-order valence-electron chi connectivity index (χ1n) is 12.1. The average molecular weight is 454 g/mol. The molecule has 0 saturated heterocycles. The van der Waals surface area contributed by atoms with Gasteiger partial charge in [-0.05, 0) is 83.7 Å². The summed E-state index contributed by atoms with van der Waals surface area (Å²) in [5, 5.41) is 23.5. The number of hydroxylamine groups is 1. The van der Waals surface area contributed by atoms with Crippen LogP contribution in [0.15, 0.2) is 46.5 Å². The van der Waals surface area contributed by atoms with E-state index >= 15 is 0 Å². The molecule has 0 fully saturated rings. The molecule has 2 aromatic rings. The number of fused-ring (bicyclic) bond motifs is 7. The molecule has 34 heavy (non-hydrogen) atoms. The van der Waals surface area contributed by atoms with E-state index < -0.39 is 5.97 Å². The van der Waals surface area contributed by atoms with Crippen molar-refractivity contribution >= 4 is 34.6 Å². The molecule has 1 aromatic carbocycles. The van der Waals surface area contributed by atoms with Gasteiger partial charge in [-0.15, -0.1) is 0 Å². The maximum atomic E-state index is 11.5. The van der Waals surface area contributed by atoms with Crippen molar-refractivity contribution in [2.75, 3.05) is 11.9 Å². The van der Waals surface area contributed by atoms with Gasteiger partial charge in [0.15, 0.2) is 12.4 Å². The number of rotatable bonds is 1. The number of nitrogens with one attached hydrogen (secondary N) is 1. The summed E-state index contributed by atoms with van der Waals surface area (Å²) in [6.07, 6.45) is 8.80. The van der Waals surface area contributed by atoms with E-state index in [4.69, 9.17) is 9.98 Å². The van der Waals surface area contributed by atoms with Crippen molar-refractivity contribution in [2.45, 2.75) is 44.9 Å². The third kappa shape index (κ3) is 2.89. The number of aryl methyl sites for hydroxylation is 1. The zero-order valence-corrected chi connectivity index (χ0v) is 18.8. The number of nitrogens with zero attached hydrogens (tertiary/aromatic N) is 3. The standard InChI is InChI=1S/C27H24N4O3/c32-27(33)19-8-4-15-10-16-6-7-17-11-20-12-18-5-3-14-2-1-9-31(34)25(14)24(18)30-26(20)29-23(17)22(16)28-21(15)13-19/h3-4,8,11,13,18,28H,1-2,5-7,9-10,12H2,(H-,29,30,32,33,34)/p+1. The molecule has 5 aliphatic rings. The minimum Gasteiger partial charge on any atom is -0.478 e. The highest BCUT2D eigenvalue weighted by molar-refractivity contribution is 6.48. The summed E-state index contributed by atoms with van der Waals surface area (Å²) < 4.78 is 1.38.